The maximum atomic E-state index is 13.5. The van der Waals surface area contributed by atoms with E-state index in [0.717, 1.165) is 55.3 Å². The van der Waals surface area contributed by atoms with Crippen LogP contribution in [0.2, 0.25) is 0 Å². The number of anilines is 1. The van der Waals surface area contributed by atoms with E-state index >= 15 is 0 Å². The van der Waals surface area contributed by atoms with E-state index in [1.54, 1.807) is 0 Å². The molecule has 0 bridgehead atoms. The highest BCUT2D eigenvalue weighted by Crippen LogP contribution is 2.32. The number of nitrogens with one attached hydrogen (secondary N) is 3. The van der Waals surface area contributed by atoms with Crippen LogP contribution in [-0.4, -0.2) is 44.9 Å². The van der Waals surface area contributed by atoms with Crippen molar-refractivity contribution in [1.29, 1.82) is 0 Å². The molecule has 0 atom stereocenters. The fourth-order valence-electron chi connectivity index (χ4n) is 9.52. The van der Waals surface area contributed by atoms with Gasteiger partial charge >= 0.3 is 16.2 Å². The standard InChI is InChI=1S/C37H69N3O3S.C24H51N/c1-7-9-11-13-15-17-19-21-23-25-30-40(31-26-24-22-20-18-16-14-12-10-8-2)44(42,43)39-37(41)38-36-34(32(3)4)28-27-29-35(36)33(5)6;1-3-5-7-9-11-13-15-17-19-21-23-25-24-22-20-18-16-14-12-10-8-6-4-2/h27-29,32-33H,7-26,30-31H2,1-6H3,(H2,38,39,41);25H,3-24H2,1-2H3. The minimum absolute atomic E-state index is 0.199. The summed E-state index contributed by atoms with van der Waals surface area (Å²) >= 11 is 0. The zero-order chi connectivity index (χ0) is 50.9. The lowest BCUT2D eigenvalue weighted by molar-refractivity contribution is 0.255. The Hall–Kier alpha value is -1.64. The molecule has 0 spiro atoms. The summed E-state index contributed by atoms with van der Waals surface area (Å²) in [4.78, 5) is 13.1. The van der Waals surface area contributed by atoms with E-state index in [4.69, 9.17) is 0 Å². The normalized spacial score (nSPS) is 11.8. The highest BCUT2D eigenvalue weighted by Gasteiger charge is 2.25. The first-order valence-corrected chi connectivity index (χ1v) is 31.9. The zero-order valence-electron chi connectivity index (χ0n) is 47.6. The van der Waals surface area contributed by atoms with Crippen molar-refractivity contribution >= 4 is 21.9 Å². The summed E-state index contributed by atoms with van der Waals surface area (Å²) in [6.45, 7) is 20.8. The monoisotopic (exact) mass is 989 g/mol. The molecule has 0 heterocycles. The third-order valence-electron chi connectivity index (χ3n) is 14.1. The molecule has 0 radical (unpaired) electrons. The summed E-state index contributed by atoms with van der Waals surface area (Å²) in [6, 6.07) is 5.33. The van der Waals surface area contributed by atoms with Crippen LogP contribution in [0.1, 0.15) is 335 Å². The van der Waals surface area contributed by atoms with Gasteiger partial charge in [-0.15, -0.1) is 0 Å². The van der Waals surface area contributed by atoms with Crippen molar-refractivity contribution in [2.45, 2.75) is 324 Å². The molecule has 0 saturated heterocycles. The molecule has 1 aromatic rings. The van der Waals surface area contributed by atoms with Crippen molar-refractivity contribution < 1.29 is 13.2 Å². The van der Waals surface area contributed by atoms with Gasteiger partial charge in [-0.25, -0.2) is 9.52 Å². The summed E-state index contributed by atoms with van der Waals surface area (Å²) in [7, 11) is -3.96. The van der Waals surface area contributed by atoms with E-state index < -0.39 is 16.2 Å². The molecular formula is C61H120N4O3S. The number of unbranched alkanes of at least 4 members (excludes halogenated alkanes) is 36. The maximum absolute atomic E-state index is 13.5. The van der Waals surface area contributed by atoms with Crippen LogP contribution in [-0.2, 0) is 10.2 Å². The molecule has 3 N–H and O–H groups in total. The number of urea groups is 1. The lowest BCUT2D eigenvalue weighted by Gasteiger charge is -2.24. The van der Waals surface area contributed by atoms with Gasteiger partial charge in [0.05, 0.1) is 0 Å². The summed E-state index contributed by atoms with van der Waals surface area (Å²) in [5, 5.41) is 6.55. The minimum Gasteiger partial charge on any atom is -0.317 e. The van der Waals surface area contributed by atoms with Gasteiger partial charge in [0, 0.05) is 18.8 Å². The summed E-state index contributed by atoms with van der Waals surface area (Å²) in [5.41, 5.74) is 2.74. The average molecular weight is 990 g/mol. The maximum Gasteiger partial charge on any atom is 0.333 e. The number of carbonyl (C=O) groups is 1. The van der Waals surface area contributed by atoms with E-state index in [2.05, 4.69) is 70.7 Å². The fraction of sp³-hybridized carbons (Fsp3) is 0.885. The first kappa shape index (κ1) is 67.4. The van der Waals surface area contributed by atoms with Crippen molar-refractivity contribution in [3.8, 4) is 0 Å². The molecule has 0 aromatic heterocycles. The van der Waals surface area contributed by atoms with Crippen LogP contribution in [0.4, 0.5) is 10.5 Å². The van der Waals surface area contributed by atoms with Crippen molar-refractivity contribution in [1.82, 2.24) is 14.3 Å². The van der Waals surface area contributed by atoms with Gasteiger partial charge < -0.3 is 10.6 Å². The number of rotatable bonds is 49. The Morgan fingerprint density at radius 1 is 0.420 bits per heavy atom. The molecule has 0 fully saturated rings. The molecule has 408 valence electrons. The van der Waals surface area contributed by atoms with Crippen LogP contribution < -0.4 is 15.4 Å². The second kappa shape index (κ2) is 49.9. The van der Waals surface area contributed by atoms with Gasteiger partial charge in [0.25, 0.3) is 0 Å². The van der Waals surface area contributed by atoms with Crippen molar-refractivity contribution in [3.05, 3.63) is 29.3 Å². The molecule has 0 unspecified atom stereocenters. The lowest BCUT2D eigenvalue weighted by atomic mass is 9.93. The first-order valence-electron chi connectivity index (χ1n) is 30.5. The molecule has 1 aromatic carbocycles. The molecule has 69 heavy (non-hydrogen) atoms. The number of hydrogen-bond acceptors (Lipinski definition) is 4. The van der Waals surface area contributed by atoms with Gasteiger partial charge in [-0.3, -0.25) is 0 Å². The average Bonchev–Trinajstić information content (AvgIpc) is 3.32. The van der Waals surface area contributed by atoms with Gasteiger partial charge in [-0.2, -0.15) is 12.7 Å². The van der Waals surface area contributed by atoms with Crippen LogP contribution in [0.15, 0.2) is 18.2 Å². The van der Waals surface area contributed by atoms with Crippen molar-refractivity contribution in [3.63, 3.8) is 0 Å². The Bertz CT molecular complexity index is 1280. The molecule has 0 saturated carbocycles. The number of amides is 2. The number of carbonyl (C=O) groups excluding carboxylic acids is 1. The van der Waals surface area contributed by atoms with Gasteiger partial charge in [-0.05, 0) is 61.7 Å². The summed E-state index contributed by atoms with van der Waals surface area (Å²) in [6.07, 6.45) is 52.9. The molecule has 7 nitrogen and oxygen atoms in total. The van der Waals surface area contributed by atoms with Crippen molar-refractivity contribution in [2.75, 3.05) is 31.5 Å². The molecular weight excluding hydrogens is 869 g/mol. The molecule has 1 rings (SSSR count). The van der Waals surface area contributed by atoms with Crippen LogP contribution in [0.25, 0.3) is 0 Å². The fourth-order valence-corrected chi connectivity index (χ4v) is 10.7. The van der Waals surface area contributed by atoms with Gasteiger partial charge in [0.15, 0.2) is 0 Å². The van der Waals surface area contributed by atoms with E-state index in [1.165, 1.54) is 236 Å². The molecule has 0 aliphatic rings. The SMILES string of the molecule is CCCCCCCCCCCCN(CCCCCCCCCCCC)S(=O)(=O)NC(=O)Nc1c(C(C)C)cccc1C(C)C.CCCCCCCCCCCCNCCCCCCCCCCCC. The first-order chi connectivity index (χ1) is 33.5. The van der Waals surface area contributed by atoms with Crippen molar-refractivity contribution in [2.24, 2.45) is 0 Å². The summed E-state index contributed by atoms with van der Waals surface area (Å²) < 4.78 is 30.9. The second-order valence-electron chi connectivity index (χ2n) is 21.6. The third kappa shape index (κ3) is 41.5. The minimum atomic E-state index is -3.96. The molecule has 2 amide bonds. The molecule has 8 heteroatoms. The van der Waals surface area contributed by atoms with Crippen LogP contribution in [0.5, 0.6) is 0 Å². The van der Waals surface area contributed by atoms with E-state index in [1.807, 2.05) is 18.2 Å². The van der Waals surface area contributed by atoms with Crippen LogP contribution >= 0.6 is 0 Å². The Kier molecular flexibility index (Phi) is 48.7. The number of para-hydroxylation sites is 1. The van der Waals surface area contributed by atoms with Gasteiger partial charge in [-0.1, -0.05) is 305 Å². The topological polar surface area (TPSA) is 90.5 Å². The van der Waals surface area contributed by atoms with E-state index in [9.17, 15) is 13.2 Å². The zero-order valence-corrected chi connectivity index (χ0v) is 48.4. The number of nitrogens with zero attached hydrogens (tertiary/aromatic N) is 1. The molecule has 0 aliphatic heterocycles. The highest BCUT2D eigenvalue weighted by atomic mass is 32.2. The van der Waals surface area contributed by atoms with Gasteiger partial charge in [0.1, 0.15) is 0 Å². The van der Waals surface area contributed by atoms with E-state index in [-0.39, 0.29) is 11.8 Å². The van der Waals surface area contributed by atoms with E-state index in [0.29, 0.717) is 13.1 Å². The van der Waals surface area contributed by atoms with Crippen LogP contribution in [0, 0.1) is 0 Å². The van der Waals surface area contributed by atoms with Crippen LogP contribution in [0.3, 0.4) is 0 Å². The predicted octanol–water partition coefficient (Wildman–Crippen LogP) is 19.9. The highest BCUT2D eigenvalue weighted by molar-refractivity contribution is 7.87. The molecule has 0 aliphatic carbocycles. The quantitative estimate of drug-likeness (QED) is 0.0567. The largest absolute Gasteiger partial charge is 0.333 e. The number of benzene rings is 1. The lowest BCUT2D eigenvalue weighted by Crippen LogP contribution is -2.46. The predicted molar refractivity (Wildman–Crippen MR) is 308 cm³/mol. The Labute approximate surface area is 432 Å². The Balaban J connectivity index is 0.00000157. The summed E-state index contributed by atoms with van der Waals surface area (Å²) in [5.74, 6) is 0.398. The number of hydrogen-bond donors (Lipinski definition) is 3. The second-order valence-corrected chi connectivity index (χ2v) is 23.2. The smallest absolute Gasteiger partial charge is 0.317 e. The Morgan fingerprint density at radius 2 is 0.681 bits per heavy atom. The Morgan fingerprint density at radius 3 is 0.957 bits per heavy atom. The third-order valence-corrected chi connectivity index (χ3v) is 15.6. The van der Waals surface area contributed by atoms with Gasteiger partial charge in [0.2, 0.25) is 0 Å².